The molecule has 0 aromatic rings. The summed E-state index contributed by atoms with van der Waals surface area (Å²) in [4.78, 5) is 5.44. The van der Waals surface area contributed by atoms with Crippen molar-refractivity contribution in [3.8, 4) is 0 Å². The van der Waals surface area contributed by atoms with Crippen LogP contribution in [0.5, 0.6) is 0 Å². The number of rotatable bonds is 0. The third-order valence-corrected chi connectivity index (χ3v) is 6.91. The van der Waals surface area contributed by atoms with Crippen molar-refractivity contribution in [2.24, 2.45) is 0 Å². The lowest BCUT2D eigenvalue weighted by Crippen LogP contribution is -2.46. The second kappa shape index (κ2) is 16.8. The van der Waals surface area contributed by atoms with E-state index >= 15 is 0 Å². The lowest BCUT2D eigenvalue weighted by molar-refractivity contribution is 0.129. The Kier molecular flexibility index (Phi) is 14.5. The molecule has 0 aromatic heterocycles. The molecule has 2 heteroatoms. The van der Waals surface area contributed by atoms with Gasteiger partial charge in [-0.2, -0.15) is 0 Å². The molecule has 3 aliphatic heterocycles. The third kappa shape index (κ3) is 12.9. The summed E-state index contributed by atoms with van der Waals surface area (Å²) in [6.45, 7) is 7.99. The highest BCUT2D eigenvalue weighted by Gasteiger charge is 2.15. The minimum absolute atomic E-state index is 1.32. The minimum Gasteiger partial charge on any atom is -0.301 e. The van der Waals surface area contributed by atoms with Gasteiger partial charge in [0, 0.05) is 26.2 Å². The van der Waals surface area contributed by atoms with Crippen LogP contribution in [0.2, 0.25) is 0 Å². The van der Waals surface area contributed by atoms with Gasteiger partial charge in [0.25, 0.3) is 0 Å². The van der Waals surface area contributed by atoms with E-state index in [9.17, 15) is 0 Å². The standard InChI is InChI=1S/C25H50N2/c1-2-4-6-8-10-12-14-16-18-20-26-22-24-27(25-23-26)21-19-17-15-13-11-9-7-5-3-1/h1-25H2. The van der Waals surface area contributed by atoms with Gasteiger partial charge >= 0.3 is 0 Å². The zero-order valence-corrected chi connectivity index (χ0v) is 18.6. The van der Waals surface area contributed by atoms with Crippen molar-refractivity contribution in [1.29, 1.82) is 0 Å². The second-order valence-corrected chi connectivity index (χ2v) is 9.40. The Labute approximate surface area is 171 Å². The zero-order chi connectivity index (χ0) is 18.8. The van der Waals surface area contributed by atoms with E-state index in [1.807, 2.05) is 0 Å². The third-order valence-electron chi connectivity index (χ3n) is 6.91. The van der Waals surface area contributed by atoms with Gasteiger partial charge in [0.2, 0.25) is 0 Å². The fourth-order valence-electron chi connectivity index (χ4n) is 4.91. The second-order valence-electron chi connectivity index (χ2n) is 9.40. The van der Waals surface area contributed by atoms with Gasteiger partial charge in [0.15, 0.2) is 0 Å². The van der Waals surface area contributed by atoms with Gasteiger partial charge in [-0.05, 0) is 25.9 Å². The summed E-state index contributed by atoms with van der Waals surface area (Å²) in [5.74, 6) is 0. The Morgan fingerprint density at radius 3 is 0.593 bits per heavy atom. The van der Waals surface area contributed by atoms with E-state index in [0.29, 0.717) is 0 Å². The van der Waals surface area contributed by atoms with E-state index in [4.69, 9.17) is 0 Å². The van der Waals surface area contributed by atoms with Crippen LogP contribution in [0.3, 0.4) is 0 Å². The van der Waals surface area contributed by atoms with Crippen LogP contribution in [0, 0.1) is 0 Å². The quantitative estimate of drug-likeness (QED) is 0.446. The SMILES string of the molecule is C1CCCCCCCCCCN2CCN(CCCCCCCCCC1)CC2. The molecule has 2 bridgehead atoms. The smallest absolute Gasteiger partial charge is 0.0110 e. The summed E-state index contributed by atoms with van der Waals surface area (Å²) in [7, 11) is 0. The number of hydrogen-bond donors (Lipinski definition) is 0. The molecular weight excluding hydrogens is 328 g/mol. The van der Waals surface area contributed by atoms with Gasteiger partial charge in [0.1, 0.15) is 0 Å². The maximum absolute atomic E-state index is 2.72. The molecule has 0 amide bonds. The Bertz CT molecular complexity index is 274. The van der Waals surface area contributed by atoms with Crippen LogP contribution in [0.15, 0.2) is 0 Å². The summed E-state index contributed by atoms with van der Waals surface area (Å²) in [5.41, 5.74) is 0. The van der Waals surface area contributed by atoms with Crippen molar-refractivity contribution in [2.45, 2.75) is 122 Å². The van der Waals surface area contributed by atoms with E-state index in [0.717, 1.165) is 0 Å². The lowest BCUT2D eigenvalue weighted by atomic mass is 10.0. The predicted octanol–water partition coefficient (Wildman–Crippen LogP) is 7.03. The summed E-state index contributed by atoms with van der Waals surface area (Å²) in [6, 6.07) is 0. The first-order valence-corrected chi connectivity index (χ1v) is 12.9. The average Bonchev–Trinajstić information content (AvgIpc) is 2.69. The molecule has 3 rings (SSSR count). The Morgan fingerprint density at radius 2 is 0.370 bits per heavy atom. The number of hydrogen-bond acceptors (Lipinski definition) is 2. The molecule has 0 radical (unpaired) electrons. The topological polar surface area (TPSA) is 6.48 Å². The molecule has 3 aliphatic rings. The van der Waals surface area contributed by atoms with Crippen molar-refractivity contribution < 1.29 is 0 Å². The average molecular weight is 379 g/mol. The predicted molar refractivity (Wildman–Crippen MR) is 121 cm³/mol. The van der Waals surface area contributed by atoms with Gasteiger partial charge < -0.3 is 9.80 Å². The first-order valence-electron chi connectivity index (χ1n) is 12.9. The zero-order valence-electron chi connectivity index (χ0n) is 18.6. The normalized spacial score (nSPS) is 30.2. The molecule has 27 heavy (non-hydrogen) atoms. The highest BCUT2D eigenvalue weighted by Crippen LogP contribution is 2.15. The fourth-order valence-corrected chi connectivity index (χ4v) is 4.91. The fraction of sp³-hybridized carbons (Fsp3) is 1.00. The number of piperazine rings is 1. The van der Waals surface area contributed by atoms with Crippen molar-refractivity contribution in [3.63, 3.8) is 0 Å². The molecule has 0 aromatic carbocycles. The molecule has 0 saturated carbocycles. The van der Waals surface area contributed by atoms with Gasteiger partial charge in [-0.15, -0.1) is 0 Å². The van der Waals surface area contributed by atoms with E-state index in [1.165, 1.54) is 161 Å². The van der Waals surface area contributed by atoms with Gasteiger partial charge in [-0.1, -0.05) is 109 Å². The maximum Gasteiger partial charge on any atom is 0.0110 e. The van der Waals surface area contributed by atoms with E-state index in [1.54, 1.807) is 0 Å². The molecule has 0 spiro atoms. The molecule has 0 N–H and O–H groups in total. The van der Waals surface area contributed by atoms with Crippen LogP contribution in [0.4, 0.5) is 0 Å². The molecule has 160 valence electrons. The summed E-state index contributed by atoms with van der Waals surface area (Å²) in [5, 5.41) is 0. The van der Waals surface area contributed by atoms with Crippen LogP contribution in [0.25, 0.3) is 0 Å². The molecule has 0 unspecified atom stereocenters. The van der Waals surface area contributed by atoms with Crippen molar-refractivity contribution in [1.82, 2.24) is 9.80 Å². The number of fused-ring (bicyclic) bond motifs is 22. The van der Waals surface area contributed by atoms with E-state index in [-0.39, 0.29) is 0 Å². The van der Waals surface area contributed by atoms with Crippen molar-refractivity contribution in [3.05, 3.63) is 0 Å². The molecule has 3 heterocycles. The molecular formula is C25H50N2. The summed E-state index contributed by atoms with van der Waals surface area (Å²) < 4.78 is 0. The van der Waals surface area contributed by atoms with Gasteiger partial charge in [0.05, 0.1) is 0 Å². The van der Waals surface area contributed by atoms with E-state index in [2.05, 4.69) is 9.80 Å². The van der Waals surface area contributed by atoms with Crippen LogP contribution in [0.1, 0.15) is 122 Å². The first kappa shape index (κ1) is 23.2. The van der Waals surface area contributed by atoms with Crippen molar-refractivity contribution >= 4 is 0 Å². The Balaban J connectivity index is 1.56. The molecule has 0 atom stereocenters. The van der Waals surface area contributed by atoms with Crippen molar-refractivity contribution in [2.75, 3.05) is 39.3 Å². The minimum atomic E-state index is 1.32. The van der Waals surface area contributed by atoms with Crippen LogP contribution in [-0.4, -0.2) is 49.1 Å². The molecule has 2 nitrogen and oxygen atoms in total. The highest BCUT2D eigenvalue weighted by molar-refractivity contribution is 4.71. The Hall–Kier alpha value is -0.0800. The van der Waals surface area contributed by atoms with E-state index < -0.39 is 0 Å². The van der Waals surface area contributed by atoms with Crippen LogP contribution in [-0.2, 0) is 0 Å². The van der Waals surface area contributed by atoms with Gasteiger partial charge in [-0.25, -0.2) is 0 Å². The van der Waals surface area contributed by atoms with Gasteiger partial charge in [-0.3, -0.25) is 0 Å². The number of nitrogens with zero attached hydrogens (tertiary/aromatic N) is 2. The Morgan fingerprint density at radius 1 is 0.185 bits per heavy atom. The summed E-state index contributed by atoms with van der Waals surface area (Å²) >= 11 is 0. The first-order chi connectivity index (χ1) is 13.4. The van der Waals surface area contributed by atoms with Crippen LogP contribution < -0.4 is 0 Å². The van der Waals surface area contributed by atoms with Crippen LogP contribution >= 0.6 is 0 Å². The largest absolute Gasteiger partial charge is 0.301 e. The lowest BCUT2D eigenvalue weighted by Gasteiger charge is -2.34. The molecule has 3 fully saturated rings. The molecule has 3 saturated heterocycles. The summed E-state index contributed by atoms with van der Waals surface area (Å²) in [6.07, 6.45) is 28.1. The highest BCUT2D eigenvalue weighted by atomic mass is 15.3. The molecule has 0 aliphatic carbocycles. The maximum atomic E-state index is 2.72. The monoisotopic (exact) mass is 378 g/mol.